The third kappa shape index (κ3) is 4.32. The Morgan fingerprint density at radius 1 is 1.04 bits per heavy atom. The van der Waals surface area contributed by atoms with Gasteiger partial charge in [0, 0.05) is 14.1 Å². The predicted molar refractivity (Wildman–Crippen MR) is 90.8 cm³/mol. The molecule has 0 aliphatic rings. The number of para-hydroxylation sites is 1. The number of amides is 1. The zero-order valence-corrected chi connectivity index (χ0v) is 14.2. The summed E-state index contributed by atoms with van der Waals surface area (Å²) in [6.45, 7) is 1.89. The minimum absolute atomic E-state index is 0.0908. The van der Waals surface area contributed by atoms with Crippen LogP contribution in [0.2, 0.25) is 0 Å². The van der Waals surface area contributed by atoms with Crippen molar-refractivity contribution >= 4 is 21.6 Å². The van der Waals surface area contributed by atoms with Gasteiger partial charge >= 0.3 is 0 Å². The summed E-state index contributed by atoms with van der Waals surface area (Å²) in [6, 6.07) is 13.5. The molecule has 0 fully saturated rings. The Morgan fingerprint density at radius 3 is 2.26 bits per heavy atom. The van der Waals surface area contributed by atoms with Gasteiger partial charge < -0.3 is 4.90 Å². The van der Waals surface area contributed by atoms with Crippen molar-refractivity contribution in [2.24, 2.45) is 0 Å². The first-order chi connectivity index (χ1) is 10.8. The summed E-state index contributed by atoms with van der Waals surface area (Å²) in [6.07, 6.45) is 0.138. The standard InChI is InChI=1S/C17H20N2O3S/c1-13-8-10-15(11-9-13)23(21,22)18-16-7-5-4-6-14(16)12-17(20)19(2)3/h4-11,18H,12H2,1-3H3. The van der Waals surface area contributed by atoms with Crippen LogP contribution in [0.3, 0.4) is 0 Å². The van der Waals surface area contributed by atoms with Crippen molar-refractivity contribution in [1.82, 2.24) is 4.90 Å². The molecule has 2 aromatic rings. The lowest BCUT2D eigenvalue weighted by atomic mass is 10.1. The van der Waals surface area contributed by atoms with Crippen LogP contribution in [0.5, 0.6) is 0 Å². The number of anilines is 1. The van der Waals surface area contributed by atoms with Gasteiger partial charge in [0.05, 0.1) is 17.0 Å². The van der Waals surface area contributed by atoms with E-state index in [4.69, 9.17) is 0 Å². The summed E-state index contributed by atoms with van der Waals surface area (Å²) in [5.41, 5.74) is 2.05. The Labute approximate surface area is 137 Å². The Morgan fingerprint density at radius 2 is 1.65 bits per heavy atom. The highest BCUT2D eigenvalue weighted by atomic mass is 32.2. The fraction of sp³-hybridized carbons (Fsp3) is 0.235. The molecule has 2 aromatic carbocycles. The third-order valence-electron chi connectivity index (χ3n) is 3.43. The van der Waals surface area contributed by atoms with Crippen LogP contribution in [-0.2, 0) is 21.2 Å². The highest BCUT2D eigenvalue weighted by Gasteiger charge is 2.17. The lowest BCUT2D eigenvalue weighted by Gasteiger charge is -2.15. The zero-order chi connectivity index (χ0) is 17.0. The molecule has 0 bridgehead atoms. The molecule has 122 valence electrons. The van der Waals surface area contributed by atoms with E-state index in [1.165, 1.54) is 4.90 Å². The number of carbonyl (C=O) groups is 1. The van der Waals surface area contributed by atoms with Gasteiger partial charge in [-0.15, -0.1) is 0 Å². The molecule has 0 spiro atoms. The minimum Gasteiger partial charge on any atom is -0.349 e. The van der Waals surface area contributed by atoms with Gasteiger partial charge in [-0.2, -0.15) is 0 Å². The fourth-order valence-electron chi connectivity index (χ4n) is 2.02. The van der Waals surface area contributed by atoms with Crippen molar-refractivity contribution in [3.8, 4) is 0 Å². The largest absolute Gasteiger partial charge is 0.349 e. The van der Waals surface area contributed by atoms with Gasteiger partial charge in [-0.3, -0.25) is 9.52 Å². The maximum atomic E-state index is 12.5. The van der Waals surface area contributed by atoms with E-state index in [0.29, 0.717) is 11.3 Å². The normalized spacial score (nSPS) is 11.1. The topological polar surface area (TPSA) is 66.5 Å². The Kier molecular flexibility index (Phi) is 5.05. The number of likely N-dealkylation sites (N-methyl/N-ethyl adjacent to an activating group) is 1. The molecule has 0 atom stereocenters. The summed E-state index contributed by atoms with van der Waals surface area (Å²) in [7, 11) is -0.347. The highest BCUT2D eigenvalue weighted by molar-refractivity contribution is 7.92. The van der Waals surface area contributed by atoms with E-state index >= 15 is 0 Å². The fourth-order valence-corrected chi connectivity index (χ4v) is 3.12. The number of hydrogen-bond acceptors (Lipinski definition) is 3. The van der Waals surface area contributed by atoms with Crippen molar-refractivity contribution in [2.75, 3.05) is 18.8 Å². The van der Waals surface area contributed by atoms with Crippen molar-refractivity contribution in [3.05, 3.63) is 59.7 Å². The molecule has 1 amide bonds. The van der Waals surface area contributed by atoms with Crippen LogP contribution in [0.1, 0.15) is 11.1 Å². The van der Waals surface area contributed by atoms with Crippen molar-refractivity contribution in [2.45, 2.75) is 18.2 Å². The molecule has 23 heavy (non-hydrogen) atoms. The number of aryl methyl sites for hydroxylation is 1. The van der Waals surface area contributed by atoms with Crippen LogP contribution < -0.4 is 4.72 Å². The van der Waals surface area contributed by atoms with Crippen LogP contribution in [0.15, 0.2) is 53.4 Å². The molecule has 0 radical (unpaired) electrons. The summed E-state index contributed by atoms with van der Waals surface area (Å²) >= 11 is 0. The number of rotatable bonds is 5. The second kappa shape index (κ2) is 6.83. The number of nitrogens with zero attached hydrogens (tertiary/aromatic N) is 1. The average molecular weight is 332 g/mol. The number of hydrogen-bond donors (Lipinski definition) is 1. The van der Waals surface area contributed by atoms with Crippen LogP contribution in [0.4, 0.5) is 5.69 Å². The predicted octanol–water partition coefficient (Wildman–Crippen LogP) is 2.43. The summed E-state index contributed by atoms with van der Waals surface area (Å²) in [5, 5.41) is 0. The van der Waals surface area contributed by atoms with Gasteiger partial charge in [0.25, 0.3) is 10.0 Å². The summed E-state index contributed by atoms with van der Waals surface area (Å²) < 4.78 is 27.5. The van der Waals surface area contributed by atoms with Crippen LogP contribution in [-0.4, -0.2) is 33.3 Å². The summed E-state index contributed by atoms with van der Waals surface area (Å²) in [5.74, 6) is -0.0908. The molecular formula is C17H20N2O3S. The molecule has 6 heteroatoms. The molecule has 0 unspecified atom stereocenters. The van der Waals surface area contributed by atoms with E-state index in [2.05, 4.69) is 4.72 Å². The van der Waals surface area contributed by atoms with Gasteiger partial charge in [0.2, 0.25) is 5.91 Å². The molecule has 0 heterocycles. The number of sulfonamides is 1. The first kappa shape index (κ1) is 17.0. The lowest BCUT2D eigenvalue weighted by molar-refractivity contribution is -0.127. The molecule has 0 aliphatic carbocycles. The monoisotopic (exact) mass is 332 g/mol. The molecular weight excluding hydrogens is 312 g/mol. The smallest absolute Gasteiger partial charge is 0.261 e. The number of carbonyl (C=O) groups excluding carboxylic acids is 1. The van der Waals surface area contributed by atoms with Gasteiger partial charge in [0.15, 0.2) is 0 Å². The quantitative estimate of drug-likeness (QED) is 0.914. The van der Waals surface area contributed by atoms with Gasteiger partial charge in [0.1, 0.15) is 0 Å². The van der Waals surface area contributed by atoms with E-state index < -0.39 is 10.0 Å². The first-order valence-electron chi connectivity index (χ1n) is 7.17. The van der Waals surface area contributed by atoms with E-state index in [-0.39, 0.29) is 17.2 Å². The maximum absolute atomic E-state index is 12.5. The van der Waals surface area contributed by atoms with Crippen LogP contribution in [0, 0.1) is 6.92 Å². The second-order valence-electron chi connectivity index (χ2n) is 5.54. The highest BCUT2D eigenvalue weighted by Crippen LogP contribution is 2.21. The number of benzene rings is 2. The Hall–Kier alpha value is -2.34. The van der Waals surface area contributed by atoms with E-state index in [1.807, 2.05) is 6.92 Å². The lowest BCUT2D eigenvalue weighted by Crippen LogP contribution is -2.24. The molecule has 0 saturated carbocycles. The Balaban J connectivity index is 2.29. The van der Waals surface area contributed by atoms with Crippen molar-refractivity contribution in [3.63, 3.8) is 0 Å². The third-order valence-corrected chi connectivity index (χ3v) is 4.81. The Bertz CT molecular complexity index is 797. The second-order valence-corrected chi connectivity index (χ2v) is 7.22. The zero-order valence-electron chi connectivity index (χ0n) is 13.4. The average Bonchev–Trinajstić information content (AvgIpc) is 2.49. The van der Waals surface area contributed by atoms with E-state index in [9.17, 15) is 13.2 Å². The SMILES string of the molecule is Cc1ccc(S(=O)(=O)Nc2ccccc2CC(=O)N(C)C)cc1. The van der Waals surface area contributed by atoms with Crippen LogP contribution in [0.25, 0.3) is 0 Å². The number of nitrogens with one attached hydrogen (secondary N) is 1. The molecule has 0 saturated heterocycles. The van der Waals surface area contributed by atoms with E-state index in [1.54, 1.807) is 62.6 Å². The van der Waals surface area contributed by atoms with Gasteiger partial charge in [-0.25, -0.2) is 8.42 Å². The van der Waals surface area contributed by atoms with Crippen LogP contribution >= 0.6 is 0 Å². The first-order valence-corrected chi connectivity index (χ1v) is 8.65. The van der Waals surface area contributed by atoms with Crippen molar-refractivity contribution in [1.29, 1.82) is 0 Å². The molecule has 5 nitrogen and oxygen atoms in total. The maximum Gasteiger partial charge on any atom is 0.261 e. The van der Waals surface area contributed by atoms with E-state index in [0.717, 1.165) is 5.56 Å². The molecule has 0 aromatic heterocycles. The molecule has 0 aliphatic heterocycles. The van der Waals surface area contributed by atoms with Gasteiger partial charge in [-0.1, -0.05) is 35.9 Å². The minimum atomic E-state index is -3.68. The van der Waals surface area contributed by atoms with Gasteiger partial charge in [-0.05, 0) is 30.7 Å². The molecule has 2 rings (SSSR count). The van der Waals surface area contributed by atoms with Crippen molar-refractivity contribution < 1.29 is 13.2 Å². The summed E-state index contributed by atoms with van der Waals surface area (Å²) in [4.78, 5) is 13.6. The molecule has 1 N–H and O–H groups in total.